The maximum atomic E-state index is 12.5. The van der Waals surface area contributed by atoms with Gasteiger partial charge in [0.05, 0.1) is 12.5 Å². The predicted octanol–water partition coefficient (Wildman–Crippen LogP) is 2.76. The third kappa shape index (κ3) is 2.49. The largest absolute Gasteiger partial charge is 0.378 e. The Morgan fingerprint density at radius 3 is 2.75 bits per heavy atom. The molecule has 0 fully saturated rings. The summed E-state index contributed by atoms with van der Waals surface area (Å²) in [4.78, 5) is 12.8. The highest BCUT2D eigenvalue weighted by Gasteiger charge is 2.26. The molecule has 0 amide bonds. The fourth-order valence-corrected chi connectivity index (χ4v) is 1.58. The van der Waals surface area contributed by atoms with Crippen LogP contribution in [-0.4, -0.2) is 9.91 Å². The zero-order chi connectivity index (χ0) is 12.3. The van der Waals surface area contributed by atoms with Crippen molar-refractivity contribution in [1.29, 1.82) is 5.26 Å². The molecular weight excluding hydrogens is 288 g/mol. The van der Waals surface area contributed by atoms with Crippen LogP contribution in [0.1, 0.15) is 17.7 Å². The predicted molar refractivity (Wildman–Crippen MR) is 52.9 cm³/mol. The fraction of sp³-hybridized carbons (Fsp3) is 0.250. The molecule has 0 aromatic carbocycles. The summed E-state index contributed by atoms with van der Waals surface area (Å²) in [6, 6.07) is 2.81. The molecule has 8 heteroatoms. The van der Waals surface area contributed by atoms with E-state index < -0.39 is 22.9 Å². The van der Waals surface area contributed by atoms with Gasteiger partial charge in [0.1, 0.15) is 4.47 Å². The van der Waals surface area contributed by atoms with Crippen molar-refractivity contribution >= 4 is 21.7 Å². The molecule has 0 N–H and O–H groups in total. The SMILES string of the molecule is N#CCc1cc(Br)c([N+](=O)[O-])nc1C(F)F. The van der Waals surface area contributed by atoms with E-state index in [9.17, 15) is 18.9 Å². The normalized spacial score (nSPS) is 10.2. The van der Waals surface area contributed by atoms with Crippen LogP contribution in [0.5, 0.6) is 0 Å². The quantitative estimate of drug-likeness (QED) is 0.633. The first-order chi connectivity index (χ1) is 7.47. The van der Waals surface area contributed by atoms with Crippen LogP contribution in [0, 0.1) is 21.4 Å². The lowest BCUT2D eigenvalue weighted by atomic mass is 10.1. The summed E-state index contributed by atoms with van der Waals surface area (Å²) in [5.41, 5.74) is -0.744. The molecular formula is C8H4BrF2N3O2. The van der Waals surface area contributed by atoms with Crippen molar-refractivity contribution in [3.05, 3.63) is 31.9 Å². The second-order valence-electron chi connectivity index (χ2n) is 2.73. The van der Waals surface area contributed by atoms with Crippen molar-refractivity contribution in [2.24, 2.45) is 0 Å². The number of nitrogens with zero attached hydrogens (tertiary/aromatic N) is 3. The molecule has 1 rings (SSSR count). The monoisotopic (exact) mass is 291 g/mol. The van der Waals surface area contributed by atoms with Gasteiger partial charge in [-0.2, -0.15) is 5.26 Å². The highest BCUT2D eigenvalue weighted by atomic mass is 79.9. The van der Waals surface area contributed by atoms with Crippen molar-refractivity contribution in [3.63, 3.8) is 0 Å². The molecule has 0 bridgehead atoms. The smallest absolute Gasteiger partial charge is 0.358 e. The Hall–Kier alpha value is -1.62. The zero-order valence-electron chi connectivity index (χ0n) is 7.65. The molecule has 0 unspecified atom stereocenters. The van der Waals surface area contributed by atoms with Crippen molar-refractivity contribution in [3.8, 4) is 6.07 Å². The highest BCUT2D eigenvalue weighted by Crippen LogP contribution is 2.30. The summed E-state index contributed by atoms with van der Waals surface area (Å²) in [6.07, 6.45) is -3.22. The Morgan fingerprint density at radius 2 is 2.31 bits per heavy atom. The zero-order valence-corrected chi connectivity index (χ0v) is 9.24. The topological polar surface area (TPSA) is 79.8 Å². The number of rotatable bonds is 3. The van der Waals surface area contributed by atoms with Gasteiger partial charge in [0.25, 0.3) is 0 Å². The van der Waals surface area contributed by atoms with Crippen molar-refractivity contribution in [2.45, 2.75) is 12.8 Å². The third-order valence-corrected chi connectivity index (χ3v) is 2.30. The van der Waals surface area contributed by atoms with Crippen LogP contribution in [0.2, 0.25) is 0 Å². The van der Waals surface area contributed by atoms with Gasteiger partial charge >= 0.3 is 12.2 Å². The number of aromatic nitrogens is 1. The minimum Gasteiger partial charge on any atom is -0.358 e. The van der Waals surface area contributed by atoms with Gasteiger partial charge in [-0.15, -0.1) is 0 Å². The number of halogens is 3. The molecule has 0 aliphatic heterocycles. The summed E-state index contributed by atoms with van der Waals surface area (Å²) in [7, 11) is 0. The number of hydrogen-bond acceptors (Lipinski definition) is 4. The standard InChI is InChI=1S/C8H4BrF2N3O2/c9-5-3-4(1-2-12)6(7(10)11)13-8(5)14(15)16/h3,7H,1H2. The molecule has 0 aliphatic carbocycles. The van der Waals surface area contributed by atoms with Gasteiger partial charge in [-0.1, -0.05) is 0 Å². The minimum atomic E-state index is -2.95. The third-order valence-electron chi connectivity index (χ3n) is 1.72. The Bertz CT molecular complexity index is 473. The van der Waals surface area contributed by atoms with E-state index in [1.807, 2.05) is 0 Å². The lowest BCUT2D eigenvalue weighted by molar-refractivity contribution is -0.390. The number of pyridine rings is 1. The van der Waals surface area contributed by atoms with Crippen molar-refractivity contribution in [1.82, 2.24) is 4.98 Å². The fourth-order valence-electron chi connectivity index (χ4n) is 1.07. The van der Waals surface area contributed by atoms with Crippen LogP contribution in [0.25, 0.3) is 0 Å². The van der Waals surface area contributed by atoms with Crippen LogP contribution < -0.4 is 0 Å². The van der Waals surface area contributed by atoms with Gasteiger partial charge in [0.2, 0.25) is 5.69 Å². The van der Waals surface area contributed by atoms with Crippen LogP contribution in [-0.2, 0) is 6.42 Å². The Balaban J connectivity index is 3.38. The lowest BCUT2D eigenvalue weighted by Gasteiger charge is -2.02. The van der Waals surface area contributed by atoms with E-state index in [1.54, 1.807) is 6.07 Å². The Kier molecular flexibility index (Phi) is 3.84. The van der Waals surface area contributed by atoms with Crippen molar-refractivity contribution in [2.75, 3.05) is 0 Å². The van der Waals surface area contributed by atoms with Gasteiger partial charge < -0.3 is 10.1 Å². The first-order valence-corrected chi connectivity index (χ1v) is 4.75. The second-order valence-corrected chi connectivity index (χ2v) is 3.59. The molecule has 1 heterocycles. The number of hydrogen-bond donors (Lipinski definition) is 0. The lowest BCUT2D eigenvalue weighted by Crippen LogP contribution is -2.03. The van der Waals surface area contributed by atoms with Gasteiger partial charge in [-0.25, -0.2) is 8.78 Å². The van der Waals surface area contributed by atoms with Gasteiger partial charge in [0.15, 0.2) is 0 Å². The molecule has 1 aromatic rings. The molecule has 0 radical (unpaired) electrons. The summed E-state index contributed by atoms with van der Waals surface area (Å²) in [5, 5.41) is 18.9. The van der Waals surface area contributed by atoms with Crippen LogP contribution in [0.3, 0.4) is 0 Å². The molecule has 0 atom stereocenters. The molecule has 0 saturated heterocycles. The van der Waals surface area contributed by atoms with E-state index in [1.165, 1.54) is 0 Å². The molecule has 16 heavy (non-hydrogen) atoms. The van der Waals surface area contributed by atoms with Crippen LogP contribution in [0.15, 0.2) is 10.5 Å². The summed E-state index contributed by atoms with van der Waals surface area (Å²) in [5.74, 6) is -0.683. The second kappa shape index (κ2) is 4.94. The van der Waals surface area contributed by atoms with E-state index >= 15 is 0 Å². The first kappa shape index (κ1) is 12.4. The average molecular weight is 292 g/mol. The van der Waals surface area contributed by atoms with Gasteiger partial charge in [-0.05, 0) is 31.9 Å². The van der Waals surface area contributed by atoms with Crippen molar-refractivity contribution < 1.29 is 13.7 Å². The summed E-state index contributed by atoms with van der Waals surface area (Å²) < 4.78 is 25.0. The maximum Gasteiger partial charge on any atom is 0.378 e. The van der Waals surface area contributed by atoms with Gasteiger partial charge in [-0.3, -0.25) is 0 Å². The average Bonchev–Trinajstić information content (AvgIpc) is 2.17. The molecule has 0 aliphatic rings. The molecule has 5 nitrogen and oxygen atoms in total. The number of nitriles is 1. The highest BCUT2D eigenvalue weighted by molar-refractivity contribution is 9.10. The van der Waals surface area contributed by atoms with Gasteiger partial charge in [0, 0.05) is 5.56 Å². The molecule has 1 aromatic heterocycles. The van der Waals surface area contributed by atoms with E-state index in [0.717, 1.165) is 6.07 Å². The van der Waals surface area contributed by atoms with E-state index in [0.29, 0.717) is 0 Å². The molecule has 84 valence electrons. The maximum absolute atomic E-state index is 12.5. The summed E-state index contributed by atoms with van der Waals surface area (Å²) >= 11 is 2.84. The van der Waals surface area contributed by atoms with E-state index in [2.05, 4.69) is 20.9 Å². The Labute approximate surface area is 97.0 Å². The van der Waals surface area contributed by atoms with Crippen LogP contribution >= 0.6 is 15.9 Å². The van der Waals surface area contributed by atoms with Crippen LogP contribution in [0.4, 0.5) is 14.6 Å². The molecule has 0 saturated carbocycles. The number of nitro groups is 1. The van der Waals surface area contributed by atoms with E-state index in [-0.39, 0.29) is 16.5 Å². The molecule has 0 spiro atoms. The first-order valence-electron chi connectivity index (χ1n) is 3.96. The number of alkyl halides is 2. The summed E-state index contributed by atoms with van der Waals surface area (Å²) in [6.45, 7) is 0. The van der Waals surface area contributed by atoms with E-state index in [4.69, 9.17) is 5.26 Å². The Morgan fingerprint density at radius 1 is 1.69 bits per heavy atom. The minimum absolute atomic E-state index is 0.0185.